The van der Waals surface area contributed by atoms with Gasteiger partial charge in [0, 0.05) is 19.8 Å². The maximum absolute atomic E-state index is 6.19. The second-order valence-electron chi connectivity index (χ2n) is 3.92. The van der Waals surface area contributed by atoms with Crippen LogP contribution in [-0.4, -0.2) is 24.5 Å². The van der Waals surface area contributed by atoms with Crippen molar-refractivity contribution in [2.24, 2.45) is 19.8 Å². The van der Waals surface area contributed by atoms with E-state index in [1.54, 1.807) is 16.4 Å². The number of aryl methyl sites for hydroxylation is 2. The van der Waals surface area contributed by atoms with Crippen LogP contribution in [0.3, 0.4) is 0 Å². The van der Waals surface area contributed by atoms with Crippen LogP contribution in [0.25, 0.3) is 0 Å². The van der Waals surface area contributed by atoms with E-state index in [9.17, 15) is 0 Å². The summed E-state index contributed by atoms with van der Waals surface area (Å²) < 4.78 is 3.69. The summed E-state index contributed by atoms with van der Waals surface area (Å²) in [5.74, 6) is 1.47. The van der Waals surface area contributed by atoms with Crippen molar-refractivity contribution in [1.29, 1.82) is 0 Å². The van der Waals surface area contributed by atoms with E-state index in [2.05, 4.69) is 15.3 Å². The molecule has 0 saturated carbocycles. The molecule has 0 amide bonds. The molecular weight excluding hydrogens is 272 g/mol. The Bertz CT molecular complexity index is 561. The lowest BCUT2D eigenvalue weighted by atomic mass is 10.4. The van der Waals surface area contributed by atoms with Gasteiger partial charge in [0.05, 0.1) is 23.0 Å². The molecule has 2 aromatic rings. The molecular formula is C10H15ClN6S. The number of thioether (sulfide) groups is 1. The van der Waals surface area contributed by atoms with E-state index in [1.165, 1.54) is 0 Å². The van der Waals surface area contributed by atoms with Crippen LogP contribution in [0.4, 0.5) is 0 Å². The summed E-state index contributed by atoms with van der Waals surface area (Å²) in [5.41, 5.74) is 7.38. The molecule has 2 heterocycles. The maximum Gasteiger partial charge on any atom is 0.191 e. The van der Waals surface area contributed by atoms with Gasteiger partial charge >= 0.3 is 0 Å². The van der Waals surface area contributed by atoms with Gasteiger partial charge in [0.25, 0.3) is 0 Å². The number of rotatable bonds is 4. The van der Waals surface area contributed by atoms with Crippen LogP contribution in [0.1, 0.15) is 17.2 Å². The SMILES string of the molecule is Cc1nn(C)c(CSc2nnc(CN)n2C)c1Cl. The molecule has 0 spiro atoms. The molecule has 0 aliphatic rings. The van der Waals surface area contributed by atoms with Crippen molar-refractivity contribution in [2.45, 2.75) is 24.4 Å². The maximum atomic E-state index is 6.19. The fourth-order valence-electron chi connectivity index (χ4n) is 1.62. The molecule has 2 aromatic heterocycles. The monoisotopic (exact) mass is 286 g/mol. The molecule has 0 radical (unpaired) electrons. The summed E-state index contributed by atoms with van der Waals surface area (Å²) in [6.45, 7) is 2.28. The van der Waals surface area contributed by atoms with Crippen LogP contribution in [0.5, 0.6) is 0 Å². The zero-order valence-electron chi connectivity index (χ0n) is 10.5. The van der Waals surface area contributed by atoms with Crippen LogP contribution in [0.15, 0.2) is 5.16 Å². The van der Waals surface area contributed by atoms with E-state index in [-0.39, 0.29) is 0 Å². The molecule has 18 heavy (non-hydrogen) atoms. The molecule has 2 rings (SSSR count). The minimum Gasteiger partial charge on any atom is -0.324 e. The molecule has 0 aliphatic heterocycles. The van der Waals surface area contributed by atoms with Crippen molar-refractivity contribution >= 4 is 23.4 Å². The van der Waals surface area contributed by atoms with Crippen molar-refractivity contribution in [3.63, 3.8) is 0 Å². The molecule has 0 bridgehead atoms. The molecule has 8 heteroatoms. The van der Waals surface area contributed by atoms with Crippen molar-refractivity contribution in [3.8, 4) is 0 Å². The smallest absolute Gasteiger partial charge is 0.191 e. The molecule has 6 nitrogen and oxygen atoms in total. The summed E-state index contributed by atoms with van der Waals surface area (Å²) >= 11 is 7.76. The Kier molecular flexibility index (Phi) is 3.94. The van der Waals surface area contributed by atoms with Gasteiger partial charge in [-0.15, -0.1) is 10.2 Å². The summed E-state index contributed by atoms with van der Waals surface area (Å²) in [4.78, 5) is 0. The van der Waals surface area contributed by atoms with Gasteiger partial charge in [-0.2, -0.15) is 5.10 Å². The van der Waals surface area contributed by atoms with Gasteiger partial charge in [0.15, 0.2) is 5.16 Å². The zero-order chi connectivity index (χ0) is 13.3. The molecule has 0 aromatic carbocycles. The first kappa shape index (κ1) is 13.4. The minimum atomic E-state index is 0.385. The number of hydrogen-bond donors (Lipinski definition) is 1. The fraction of sp³-hybridized carbons (Fsp3) is 0.500. The van der Waals surface area contributed by atoms with Gasteiger partial charge in [0.2, 0.25) is 0 Å². The van der Waals surface area contributed by atoms with E-state index in [0.29, 0.717) is 17.3 Å². The van der Waals surface area contributed by atoms with E-state index < -0.39 is 0 Å². The van der Waals surface area contributed by atoms with Crippen LogP contribution < -0.4 is 5.73 Å². The third kappa shape index (κ3) is 2.38. The van der Waals surface area contributed by atoms with Crippen molar-refractivity contribution < 1.29 is 0 Å². The average Bonchev–Trinajstić information content (AvgIpc) is 2.80. The molecule has 0 atom stereocenters. The lowest BCUT2D eigenvalue weighted by Gasteiger charge is -2.03. The Morgan fingerprint density at radius 2 is 2.06 bits per heavy atom. The topological polar surface area (TPSA) is 74.6 Å². The number of aromatic nitrogens is 5. The minimum absolute atomic E-state index is 0.385. The summed E-state index contributed by atoms with van der Waals surface area (Å²) in [7, 11) is 3.79. The average molecular weight is 287 g/mol. The molecule has 2 N–H and O–H groups in total. The van der Waals surface area contributed by atoms with Crippen LogP contribution in [0.2, 0.25) is 5.02 Å². The van der Waals surface area contributed by atoms with E-state index in [0.717, 1.165) is 22.4 Å². The van der Waals surface area contributed by atoms with Gasteiger partial charge in [-0.05, 0) is 6.92 Å². The Balaban J connectivity index is 2.14. The van der Waals surface area contributed by atoms with E-state index in [4.69, 9.17) is 17.3 Å². The van der Waals surface area contributed by atoms with Crippen LogP contribution in [0, 0.1) is 6.92 Å². The Hall–Kier alpha value is -1.05. The first-order valence-electron chi connectivity index (χ1n) is 5.43. The van der Waals surface area contributed by atoms with Gasteiger partial charge in [0.1, 0.15) is 5.82 Å². The van der Waals surface area contributed by atoms with Crippen LogP contribution in [-0.2, 0) is 26.4 Å². The number of halogens is 1. The highest BCUT2D eigenvalue weighted by Crippen LogP contribution is 2.27. The molecule has 0 aliphatic carbocycles. The predicted molar refractivity (Wildman–Crippen MR) is 71.4 cm³/mol. The first-order chi connectivity index (χ1) is 8.54. The van der Waals surface area contributed by atoms with Crippen molar-refractivity contribution in [2.75, 3.05) is 0 Å². The third-order valence-electron chi connectivity index (χ3n) is 2.71. The Morgan fingerprint density at radius 1 is 1.33 bits per heavy atom. The Morgan fingerprint density at radius 3 is 2.56 bits per heavy atom. The predicted octanol–water partition coefficient (Wildman–Crippen LogP) is 1.26. The quantitative estimate of drug-likeness (QED) is 0.857. The molecule has 98 valence electrons. The number of nitrogens with zero attached hydrogens (tertiary/aromatic N) is 5. The lowest BCUT2D eigenvalue weighted by molar-refractivity contribution is 0.721. The summed E-state index contributed by atoms with van der Waals surface area (Å²) in [6.07, 6.45) is 0. The van der Waals surface area contributed by atoms with E-state index in [1.807, 2.05) is 25.6 Å². The van der Waals surface area contributed by atoms with E-state index >= 15 is 0 Å². The van der Waals surface area contributed by atoms with Gasteiger partial charge in [-0.3, -0.25) is 4.68 Å². The lowest BCUT2D eigenvalue weighted by Crippen LogP contribution is -2.05. The second-order valence-corrected chi connectivity index (χ2v) is 5.24. The third-order valence-corrected chi connectivity index (χ3v) is 4.23. The normalized spacial score (nSPS) is 11.2. The summed E-state index contributed by atoms with van der Waals surface area (Å²) in [5, 5.41) is 13.9. The highest BCUT2D eigenvalue weighted by Gasteiger charge is 2.14. The summed E-state index contributed by atoms with van der Waals surface area (Å²) in [6, 6.07) is 0. The zero-order valence-corrected chi connectivity index (χ0v) is 12.1. The van der Waals surface area contributed by atoms with Crippen molar-refractivity contribution in [1.82, 2.24) is 24.5 Å². The Labute approximate surface area is 115 Å². The largest absolute Gasteiger partial charge is 0.324 e. The van der Waals surface area contributed by atoms with Crippen molar-refractivity contribution in [3.05, 3.63) is 22.2 Å². The second kappa shape index (κ2) is 5.29. The molecule has 0 saturated heterocycles. The number of hydrogen-bond acceptors (Lipinski definition) is 5. The highest BCUT2D eigenvalue weighted by molar-refractivity contribution is 7.98. The van der Waals surface area contributed by atoms with Crippen LogP contribution >= 0.6 is 23.4 Å². The molecule has 0 unspecified atom stereocenters. The highest BCUT2D eigenvalue weighted by atomic mass is 35.5. The standard InChI is InChI=1S/C10H15ClN6S/c1-6-9(11)7(17(3)15-6)5-18-10-14-13-8(4-12)16(10)2/h4-5,12H2,1-3H3. The first-order valence-corrected chi connectivity index (χ1v) is 6.80. The van der Waals surface area contributed by atoms with Gasteiger partial charge < -0.3 is 10.3 Å². The molecule has 0 fully saturated rings. The number of nitrogens with two attached hydrogens (primary N) is 1. The fourth-order valence-corrected chi connectivity index (χ4v) is 2.92. The van der Waals surface area contributed by atoms with Gasteiger partial charge in [-0.25, -0.2) is 0 Å². The van der Waals surface area contributed by atoms with Gasteiger partial charge in [-0.1, -0.05) is 23.4 Å².